The lowest BCUT2D eigenvalue weighted by Gasteiger charge is -2.05. The average molecular weight is 435 g/mol. The Morgan fingerprint density at radius 2 is 1.94 bits per heavy atom. The van der Waals surface area contributed by atoms with Crippen molar-refractivity contribution in [3.8, 4) is 17.1 Å². The van der Waals surface area contributed by atoms with Crippen LogP contribution in [0, 0.1) is 17.0 Å². The van der Waals surface area contributed by atoms with Gasteiger partial charge in [-0.1, -0.05) is 17.7 Å². The number of amides is 1. The summed E-state index contributed by atoms with van der Waals surface area (Å²) in [5.74, 6) is 0.989. The molecule has 1 fully saturated rings. The lowest BCUT2D eigenvalue weighted by molar-refractivity contribution is -0.384. The van der Waals surface area contributed by atoms with E-state index in [1.807, 2.05) is 31.2 Å². The number of thioether (sulfide) groups is 1. The highest BCUT2D eigenvalue weighted by molar-refractivity contribution is 8.18. The van der Waals surface area contributed by atoms with Crippen molar-refractivity contribution in [2.24, 2.45) is 4.99 Å². The molecule has 1 N–H and O–H groups in total. The Hall–Kier alpha value is -3.85. The first kappa shape index (κ1) is 20.4. The molecule has 0 aliphatic carbocycles. The van der Waals surface area contributed by atoms with Crippen LogP contribution in [0.5, 0.6) is 5.75 Å². The normalized spacial score (nSPS) is 16.0. The lowest BCUT2D eigenvalue weighted by atomic mass is 10.1. The summed E-state index contributed by atoms with van der Waals surface area (Å²) < 4.78 is 11.1. The Morgan fingerprint density at radius 1 is 1.16 bits per heavy atom. The largest absolute Gasteiger partial charge is 0.496 e. The number of benzene rings is 2. The summed E-state index contributed by atoms with van der Waals surface area (Å²) in [5, 5.41) is 14.3. The number of aliphatic imine (C=N–C) groups is 1. The Morgan fingerprint density at radius 3 is 2.65 bits per heavy atom. The van der Waals surface area contributed by atoms with Gasteiger partial charge in [-0.3, -0.25) is 14.9 Å². The number of ether oxygens (including phenoxy) is 1. The summed E-state index contributed by atoms with van der Waals surface area (Å²) in [7, 11) is 1.48. The van der Waals surface area contributed by atoms with Crippen LogP contribution in [0.1, 0.15) is 11.3 Å². The van der Waals surface area contributed by atoms with E-state index >= 15 is 0 Å². The number of hydrogen-bond acceptors (Lipinski definition) is 7. The van der Waals surface area contributed by atoms with Crippen molar-refractivity contribution < 1.29 is 18.9 Å². The Labute approximate surface area is 181 Å². The van der Waals surface area contributed by atoms with Gasteiger partial charge in [0.15, 0.2) is 5.17 Å². The summed E-state index contributed by atoms with van der Waals surface area (Å²) >= 11 is 1.21. The predicted octanol–water partition coefficient (Wildman–Crippen LogP) is 5.06. The molecule has 156 valence electrons. The van der Waals surface area contributed by atoms with Crippen molar-refractivity contribution in [3.63, 3.8) is 0 Å². The number of hydrogen-bond donors (Lipinski definition) is 1. The number of nitro benzene ring substituents is 1. The minimum atomic E-state index is -0.483. The van der Waals surface area contributed by atoms with Crippen molar-refractivity contribution in [3.05, 3.63) is 80.9 Å². The summed E-state index contributed by atoms with van der Waals surface area (Å²) in [6.07, 6.45) is 1.60. The first-order valence-electron chi connectivity index (χ1n) is 9.22. The molecule has 1 amide bonds. The fourth-order valence-corrected chi connectivity index (χ4v) is 3.75. The molecular formula is C22H17N3O5S. The number of nitrogens with zero attached hydrogens (tertiary/aromatic N) is 2. The third kappa shape index (κ3) is 4.51. The molecule has 1 saturated heterocycles. The van der Waals surface area contributed by atoms with Gasteiger partial charge in [0.05, 0.1) is 28.2 Å². The zero-order valence-corrected chi connectivity index (χ0v) is 17.4. The highest BCUT2D eigenvalue weighted by Crippen LogP contribution is 2.35. The second-order valence-corrected chi connectivity index (χ2v) is 7.69. The molecule has 3 aromatic rings. The second kappa shape index (κ2) is 8.49. The van der Waals surface area contributed by atoms with Crippen LogP contribution in [0.2, 0.25) is 0 Å². The van der Waals surface area contributed by atoms with Gasteiger partial charge >= 0.3 is 0 Å². The number of non-ortho nitro benzene ring substituents is 1. The highest BCUT2D eigenvalue weighted by Gasteiger charge is 2.24. The summed E-state index contributed by atoms with van der Waals surface area (Å²) in [6, 6.07) is 15.3. The van der Waals surface area contributed by atoms with Crippen LogP contribution in [0.25, 0.3) is 17.4 Å². The van der Waals surface area contributed by atoms with Gasteiger partial charge in [-0.25, -0.2) is 4.99 Å². The van der Waals surface area contributed by atoms with Gasteiger partial charge in [0.25, 0.3) is 11.6 Å². The molecule has 2 aromatic carbocycles. The van der Waals surface area contributed by atoms with E-state index in [9.17, 15) is 14.9 Å². The summed E-state index contributed by atoms with van der Waals surface area (Å²) in [6.45, 7) is 1.99. The zero-order valence-electron chi connectivity index (χ0n) is 16.6. The Bertz CT molecular complexity index is 1230. The van der Waals surface area contributed by atoms with E-state index in [1.165, 1.54) is 37.1 Å². The van der Waals surface area contributed by atoms with Crippen LogP contribution in [0.3, 0.4) is 0 Å². The Kier molecular flexibility index (Phi) is 5.59. The number of aryl methyl sites for hydroxylation is 1. The van der Waals surface area contributed by atoms with Crippen LogP contribution < -0.4 is 10.1 Å². The Balaban J connectivity index is 1.59. The van der Waals surface area contributed by atoms with Gasteiger partial charge in [0, 0.05) is 18.2 Å². The smallest absolute Gasteiger partial charge is 0.270 e. The molecule has 0 unspecified atom stereocenters. The van der Waals surface area contributed by atoms with E-state index in [1.54, 1.807) is 18.2 Å². The number of nitro groups is 1. The molecule has 1 aliphatic rings. The van der Waals surface area contributed by atoms with Gasteiger partial charge in [-0.05, 0) is 49.0 Å². The lowest BCUT2D eigenvalue weighted by Crippen LogP contribution is -2.19. The van der Waals surface area contributed by atoms with Crippen molar-refractivity contribution in [1.82, 2.24) is 5.32 Å². The van der Waals surface area contributed by atoms with Gasteiger partial charge in [0.2, 0.25) is 0 Å². The quantitative estimate of drug-likeness (QED) is 0.341. The molecule has 2 heterocycles. The topological polar surface area (TPSA) is 107 Å². The molecule has 8 nitrogen and oxygen atoms in total. The van der Waals surface area contributed by atoms with Gasteiger partial charge in [-0.2, -0.15) is 0 Å². The molecular weight excluding hydrogens is 418 g/mol. The van der Waals surface area contributed by atoms with E-state index in [0.717, 1.165) is 11.3 Å². The number of carbonyl (C=O) groups excluding carboxylic acids is 1. The first-order valence-corrected chi connectivity index (χ1v) is 10.0. The number of furan rings is 1. The standard InChI is InChI=1S/C22H17N3O5S/c1-13-3-5-14(6-4-13)23-22-24-21(26)20(31-22)12-16-8-10-19(30-16)17-11-15(25(27)28)7-9-18(17)29-2/h3-12H,1-2H3,(H,23,24,26)/b20-12-. The van der Waals surface area contributed by atoms with E-state index in [4.69, 9.17) is 9.15 Å². The van der Waals surface area contributed by atoms with Crippen LogP contribution in [0.4, 0.5) is 11.4 Å². The molecule has 0 radical (unpaired) electrons. The SMILES string of the molecule is COc1ccc([N+](=O)[O-])cc1-c1ccc(/C=C2\SC(=Nc3ccc(C)cc3)NC2=O)o1. The third-order valence-corrected chi connectivity index (χ3v) is 5.38. The van der Waals surface area contributed by atoms with Gasteiger partial charge in [0.1, 0.15) is 17.3 Å². The van der Waals surface area contributed by atoms with Gasteiger partial charge in [-0.15, -0.1) is 0 Å². The molecule has 31 heavy (non-hydrogen) atoms. The second-order valence-electron chi connectivity index (χ2n) is 6.66. The maximum Gasteiger partial charge on any atom is 0.270 e. The maximum absolute atomic E-state index is 12.3. The minimum absolute atomic E-state index is 0.0743. The van der Waals surface area contributed by atoms with E-state index < -0.39 is 4.92 Å². The van der Waals surface area contributed by atoms with Crippen LogP contribution >= 0.6 is 11.8 Å². The van der Waals surface area contributed by atoms with Crippen molar-refractivity contribution in [1.29, 1.82) is 0 Å². The number of methoxy groups -OCH3 is 1. The average Bonchev–Trinajstić information content (AvgIpc) is 3.36. The zero-order chi connectivity index (χ0) is 22.0. The maximum atomic E-state index is 12.3. The predicted molar refractivity (Wildman–Crippen MR) is 119 cm³/mol. The monoisotopic (exact) mass is 435 g/mol. The van der Waals surface area contributed by atoms with E-state index in [-0.39, 0.29) is 11.6 Å². The van der Waals surface area contributed by atoms with E-state index in [2.05, 4.69) is 10.3 Å². The minimum Gasteiger partial charge on any atom is -0.496 e. The number of nitrogens with one attached hydrogen (secondary N) is 1. The summed E-state index contributed by atoms with van der Waals surface area (Å²) in [4.78, 5) is 27.8. The summed E-state index contributed by atoms with van der Waals surface area (Å²) in [5.41, 5.74) is 2.25. The fraction of sp³-hybridized carbons (Fsp3) is 0.0909. The molecule has 9 heteroatoms. The molecule has 4 rings (SSSR count). The number of rotatable bonds is 5. The molecule has 0 spiro atoms. The third-order valence-electron chi connectivity index (χ3n) is 4.47. The first-order chi connectivity index (χ1) is 14.9. The number of carbonyl (C=O) groups is 1. The van der Waals surface area contributed by atoms with Gasteiger partial charge < -0.3 is 14.5 Å². The van der Waals surface area contributed by atoms with Crippen molar-refractivity contribution >= 4 is 40.3 Å². The molecule has 0 atom stereocenters. The van der Waals surface area contributed by atoms with Crippen LogP contribution in [-0.4, -0.2) is 23.1 Å². The fourth-order valence-electron chi connectivity index (χ4n) is 2.92. The molecule has 1 aromatic heterocycles. The molecule has 1 aliphatic heterocycles. The van der Waals surface area contributed by atoms with Crippen molar-refractivity contribution in [2.45, 2.75) is 6.92 Å². The molecule has 0 saturated carbocycles. The van der Waals surface area contributed by atoms with E-state index in [0.29, 0.717) is 32.9 Å². The van der Waals surface area contributed by atoms with Crippen LogP contribution in [0.15, 0.2) is 68.9 Å². The van der Waals surface area contributed by atoms with Crippen LogP contribution in [-0.2, 0) is 4.79 Å². The number of amidine groups is 1. The highest BCUT2D eigenvalue weighted by atomic mass is 32.2. The van der Waals surface area contributed by atoms with Crippen molar-refractivity contribution in [2.75, 3.05) is 7.11 Å². The molecule has 0 bridgehead atoms.